The van der Waals surface area contributed by atoms with E-state index >= 15 is 0 Å². The summed E-state index contributed by atoms with van der Waals surface area (Å²) in [6.07, 6.45) is 0. The lowest BCUT2D eigenvalue weighted by molar-refractivity contribution is -0.493. The Kier molecular flexibility index (Phi) is 0.950. The Morgan fingerprint density at radius 2 is 1.78 bits per heavy atom. The molecule has 1 heterocycles. The summed E-state index contributed by atoms with van der Waals surface area (Å²) in [4.78, 5) is 40.5. The van der Waals surface area contributed by atoms with Gasteiger partial charge in [0.15, 0.2) is 4.76 Å². The van der Waals surface area contributed by atoms with Crippen LogP contribution >= 0.6 is 0 Å². The van der Waals surface area contributed by atoms with Crippen LogP contribution in [0.25, 0.3) is 0 Å². The Morgan fingerprint density at radius 3 is 1.89 bits per heavy atom. The number of carbonyl (C=O) groups is 2. The molecule has 1 aliphatic heterocycles. The van der Waals surface area contributed by atoms with Crippen molar-refractivity contribution in [2.45, 2.75) is 0 Å². The van der Waals surface area contributed by atoms with Crippen LogP contribution in [0.2, 0.25) is 0 Å². The third-order valence-electron chi connectivity index (χ3n) is 0.892. The van der Waals surface area contributed by atoms with Crippen LogP contribution in [0.1, 0.15) is 0 Å². The summed E-state index contributed by atoms with van der Waals surface area (Å²) in [5, 5.41) is 0. The maximum Gasteiger partial charge on any atom is 0.776 e. The highest BCUT2D eigenvalue weighted by Crippen LogP contribution is 1.94. The van der Waals surface area contributed by atoms with Crippen molar-refractivity contribution in [3.05, 3.63) is 9.81 Å². The summed E-state index contributed by atoms with van der Waals surface area (Å²) in [7, 11) is 0. The summed E-state index contributed by atoms with van der Waals surface area (Å²) >= 11 is 0. The molecule has 0 N–H and O–H groups in total. The van der Waals surface area contributed by atoms with Gasteiger partial charge in [-0.3, -0.25) is 0 Å². The van der Waals surface area contributed by atoms with Crippen LogP contribution in [0.4, 0.5) is 4.79 Å². The van der Waals surface area contributed by atoms with Crippen molar-refractivity contribution in [2.24, 2.45) is 0 Å². The maximum absolute atomic E-state index is 10.1. The molecule has 0 unspecified atom stereocenters. The van der Waals surface area contributed by atoms with Gasteiger partial charge in [0.05, 0.1) is 0 Å². The smallest absolute Gasteiger partial charge is 0.206 e. The lowest BCUT2D eigenvalue weighted by Crippen LogP contribution is -2.15. The fourth-order valence-corrected chi connectivity index (χ4v) is 0.463. The highest BCUT2D eigenvalue weighted by molar-refractivity contribution is 5.82. The van der Waals surface area contributed by atoms with E-state index in [0.29, 0.717) is 0 Å². The minimum Gasteiger partial charge on any atom is -0.206 e. The zero-order valence-corrected chi connectivity index (χ0v) is 4.23. The van der Waals surface area contributed by atoms with E-state index in [1.807, 2.05) is 0 Å². The van der Waals surface area contributed by atoms with Crippen molar-refractivity contribution in [2.75, 3.05) is 6.54 Å². The molecular formula is C3H2N2O4+2. The monoisotopic (exact) mass is 130 g/mol. The van der Waals surface area contributed by atoms with Gasteiger partial charge in [-0.05, 0) is 0 Å². The molecule has 0 saturated carbocycles. The molecule has 0 atom stereocenters. The van der Waals surface area contributed by atoms with Gasteiger partial charge in [0.2, 0.25) is 4.76 Å². The van der Waals surface area contributed by atoms with Crippen molar-refractivity contribution in [3.8, 4) is 0 Å². The Bertz CT molecular complexity index is 206. The molecule has 1 saturated heterocycles. The van der Waals surface area contributed by atoms with Gasteiger partial charge in [-0.1, -0.05) is 0 Å². The lowest BCUT2D eigenvalue weighted by atomic mass is 10.7. The largest absolute Gasteiger partial charge is 0.776 e. The van der Waals surface area contributed by atoms with Crippen LogP contribution in [-0.4, -0.2) is 28.0 Å². The molecule has 0 aromatic rings. The fourth-order valence-electron chi connectivity index (χ4n) is 0.463. The molecule has 1 rings (SSSR count). The first-order valence-electron chi connectivity index (χ1n) is 2.11. The second-order valence-electron chi connectivity index (χ2n) is 1.51. The molecule has 6 heteroatoms. The van der Waals surface area contributed by atoms with E-state index in [1.54, 1.807) is 0 Å². The van der Waals surface area contributed by atoms with Crippen LogP contribution in [0.5, 0.6) is 0 Å². The highest BCUT2D eigenvalue weighted by Gasteiger charge is 2.58. The van der Waals surface area contributed by atoms with Crippen molar-refractivity contribution >= 4 is 11.9 Å². The number of amides is 3. The average molecular weight is 130 g/mol. The molecule has 1 fully saturated rings. The van der Waals surface area contributed by atoms with Crippen molar-refractivity contribution in [1.82, 2.24) is 0 Å². The van der Waals surface area contributed by atoms with Gasteiger partial charge in [-0.15, -0.1) is 4.79 Å². The standard InChI is InChI=1S/C3H2N2O4/c6-2-1-4(8)3(7)5(2)9/h1H2/q+2. The second-order valence-corrected chi connectivity index (χ2v) is 1.51. The molecule has 0 bridgehead atoms. The molecular weight excluding hydrogens is 128 g/mol. The lowest BCUT2D eigenvalue weighted by Gasteiger charge is -1.52. The summed E-state index contributed by atoms with van der Waals surface area (Å²) in [6.45, 7) is -0.650. The maximum atomic E-state index is 10.1. The van der Waals surface area contributed by atoms with Gasteiger partial charge in [-0.25, -0.2) is 4.79 Å². The molecule has 6 nitrogen and oxygen atoms in total. The van der Waals surface area contributed by atoms with Crippen LogP contribution in [-0.2, 0) is 4.79 Å². The van der Waals surface area contributed by atoms with E-state index < -0.39 is 23.2 Å². The molecule has 1 aliphatic rings. The Hall–Kier alpha value is -1.46. The molecule has 9 heavy (non-hydrogen) atoms. The Morgan fingerprint density at radius 1 is 1.22 bits per heavy atom. The number of nitrogens with zero attached hydrogens (tertiary/aromatic N) is 2. The molecule has 0 radical (unpaired) electrons. The summed E-state index contributed by atoms with van der Waals surface area (Å²) in [5.41, 5.74) is 0. The highest BCUT2D eigenvalue weighted by atomic mass is 16.4. The zero-order valence-electron chi connectivity index (χ0n) is 4.23. The third-order valence-corrected chi connectivity index (χ3v) is 0.892. The van der Waals surface area contributed by atoms with Gasteiger partial charge in [0.1, 0.15) is 0 Å². The number of hydrogen-bond acceptors (Lipinski definition) is 4. The number of carbonyl (C=O) groups excluding carboxylic acids is 2. The molecule has 0 aromatic heterocycles. The Labute approximate surface area is 48.6 Å². The quantitative estimate of drug-likeness (QED) is 0.318. The summed E-state index contributed by atoms with van der Waals surface area (Å²) in [6, 6.07) is -1.33. The van der Waals surface area contributed by atoms with Gasteiger partial charge in [-0.2, -0.15) is 0 Å². The normalized spacial score (nSPS) is 19.6. The van der Waals surface area contributed by atoms with Crippen LogP contribution in [0.15, 0.2) is 0 Å². The van der Waals surface area contributed by atoms with Crippen LogP contribution < -0.4 is 0 Å². The first-order valence-corrected chi connectivity index (χ1v) is 2.11. The van der Waals surface area contributed by atoms with E-state index in [4.69, 9.17) is 0 Å². The van der Waals surface area contributed by atoms with E-state index in [-0.39, 0.29) is 4.76 Å². The van der Waals surface area contributed by atoms with Gasteiger partial charge >= 0.3 is 18.5 Å². The first kappa shape index (κ1) is 5.67. The van der Waals surface area contributed by atoms with E-state index in [2.05, 4.69) is 0 Å². The van der Waals surface area contributed by atoms with Crippen molar-refractivity contribution in [3.63, 3.8) is 0 Å². The molecule has 46 valence electrons. The number of urea groups is 1. The van der Waals surface area contributed by atoms with E-state index in [9.17, 15) is 19.4 Å². The third kappa shape index (κ3) is 0.638. The number of nitroso groups, excluding NO2 is 2. The molecule has 0 spiro atoms. The average Bonchev–Trinajstić information content (AvgIpc) is 1.98. The Balaban J connectivity index is 3.04. The second kappa shape index (κ2) is 1.51. The zero-order chi connectivity index (χ0) is 7.02. The number of hydrogen-bond donors (Lipinski definition) is 0. The first-order chi connectivity index (χ1) is 4.13. The molecule has 3 amide bonds. The molecule has 0 aromatic carbocycles. The van der Waals surface area contributed by atoms with E-state index in [1.165, 1.54) is 0 Å². The van der Waals surface area contributed by atoms with Crippen LogP contribution in [0, 0.1) is 9.81 Å². The van der Waals surface area contributed by atoms with Crippen LogP contribution in [0.3, 0.4) is 0 Å². The fraction of sp³-hybridized carbons (Fsp3) is 0.333. The minimum atomic E-state index is -1.33. The minimum absolute atomic E-state index is 0.185. The van der Waals surface area contributed by atoms with Gasteiger partial charge < -0.3 is 0 Å². The summed E-state index contributed by atoms with van der Waals surface area (Å²) < 4.78 is -0.637. The van der Waals surface area contributed by atoms with Crippen molar-refractivity contribution < 1.29 is 19.1 Å². The topological polar surface area (TPSA) is 74.3 Å². The SMILES string of the molecule is O=C1C[N+](=O)C(=O)[N+]1=O. The van der Waals surface area contributed by atoms with E-state index in [0.717, 1.165) is 0 Å². The van der Waals surface area contributed by atoms with Crippen molar-refractivity contribution in [1.29, 1.82) is 0 Å². The number of rotatable bonds is 0. The molecule has 0 aliphatic carbocycles. The van der Waals surface area contributed by atoms with Gasteiger partial charge in [0, 0.05) is 9.81 Å². The predicted octanol–water partition coefficient (Wildman–Crippen LogP) is -0.796. The predicted molar refractivity (Wildman–Crippen MR) is 22.5 cm³/mol. The van der Waals surface area contributed by atoms with Gasteiger partial charge in [0.25, 0.3) is 0 Å². The number of imide groups is 1. The summed E-state index contributed by atoms with van der Waals surface area (Å²) in [5.74, 6) is -1.00.